The van der Waals surface area contributed by atoms with E-state index in [0.29, 0.717) is 18.0 Å². The first kappa shape index (κ1) is 16.4. The summed E-state index contributed by atoms with van der Waals surface area (Å²) in [4.78, 5) is 26.8. The zero-order valence-corrected chi connectivity index (χ0v) is 14.0. The van der Waals surface area contributed by atoms with Gasteiger partial charge in [0.15, 0.2) is 12.1 Å². The standard InChI is InChI=1S/C16H21N5O3/c1-10-4-14(19-8-18-10)21-7-13(23-3)5-12(21)6-17-16(22)15-11(2)24-9-20-15/h4,8-9,12-13H,5-7H2,1-3H3,(H,17,22)/t12-,13-/m0/s1. The summed E-state index contributed by atoms with van der Waals surface area (Å²) in [6, 6.07) is 2.04. The molecule has 2 aromatic heterocycles. The van der Waals surface area contributed by atoms with Crippen LogP contribution in [0.3, 0.4) is 0 Å². The molecule has 0 bridgehead atoms. The Hall–Kier alpha value is -2.48. The van der Waals surface area contributed by atoms with Crippen molar-refractivity contribution in [2.24, 2.45) is 0 Å². The average Bonchev–Trinajstić information content (AvgIpc) is 3.18. The molecule has 24 heavy (non-hydrogen) atoms. The molecule has 0 unspecified atom stereocenters. The number of nitrogens with one attached hydrogen (secondary N) is 1. The van der Waals surface area contributed by atoms with E-state index in [9.17, 15) is 4.79 Å². The zero-order chi connectivity index (χ0) is 17.1. The van der Waals surface area contributed by atoms with Crippen LogP contribution in [0.1, 0.15) is 28.4 Å². The number of carbonyl (C=O) groups is 1. The SMILES string of the molecule is CO[C@H]1C[C@@H](CNC(=O)c2ncoc2C)N(c2cc(C)ncn2)C1. The molecular formula is C16H21N5O3. The highest BCUT2D eigenvalue weighted by Gasteiger charge is 2.33. The van der Waals surface area contributed by atoms with Gasteiger partial charge in [-0.05, 0) is 20.3 Å². The van der Waals surface area contributed by atoms with Gasteiger partial charge in [-0.25, -0.2) is 15.0 Å². The largest absolute Gasteiger partial charge is 0.448 e. The Morgan fingerprint density at radius 3 is 2.92 bits per heavy atom. The number of nitrogens with zero attached hydrogens (tertiary/aromatic N) is 4. The van der Waals surface area contributed by atoms with Gasteiger partial charge in [-0.3, -0.25) is 4.79 Å². The van der Waals surface area contributed by atoms with Gasteiger partial charge in [-0.1, -0.05) is 0 Å². The molecule has 0 saturated carbocycles. The van der Waals surface area contributed by atoms with Crippen molar-refractivity contribution < 1.29 is 13.9 Å². The molecule has 1 aliphatic rings. The summed E-state index contributed by atoms with van der Waals surface area (Å²) in [5, 5.41) is 2.92. The van der Waals surface area contributed by atoms with Gasteiger partial charge in [0.2, 0.25) is 0 Å². The maximum atomic E-state index is 12.2. The molecule has 2 atom stereocenters. The molecule has 0 radical (unpaired) electrons. The number of carbonyl (C=O) groups excluding carboxylic acids is 1. The average molecular weight is 331 g/mol. The van der Waals surface area contributed by atoms with E-state index < -0.39 is 0 Å². The van der Waals surface area contributed by atoms with Crippen molar-refractivity contribution >= 4 is 11.7 Å². The normalized spacial score (nSPS) is 20.4. The summed E-state index contributed by atoms with van der Waals surface area (Å²) in [6.45, 7) is 4.86. The summed E-state index contributed by atoms with van der Waals surface area (Å²) in [6.07, 6.45) is 3.75. The first-order chi connectivity index (χ1) is 11.6. The molecule has 1 aliphatic heterocycles. The number of hydrogen-bond donors (Lipinski definition) is 1. The summed E-state index contributed by atoms with van der Waals surface area (Å²) in [7, 11) is 1.70. The minimum Gasteiger partial charge on any atom is -0.448 e. The minimum absolute atomic E-state index is 0.0976. The maximum Gasteiger partial charge on any atom is 0.273 e. The van der Waals surface area contributed by atoms with Gasteiger partial charge in [0.05, 0.1) is 12.1 Å². The van der Waals surface area contributed by atoms with E-state index >= 15 is 0 Å². The van der Waals surface area contributed by atoms with Gasteiger partial charge in [0, 0.05) is 32.0 Å². The molecule has 2 aromatic rings. The van der Waals surface area contributed by atoms with Crippen LogP contribution in [0.25, 0.3) is 0 Å². The predicted octanol–water partition coefficient (Wildman–Crippen LogP) is 1.11. The third kappa shape index (κ3) is 3.38. The predicted molar refractivity (Wildman–Crippen MR) is 86.9 cm³/mol. The number of aromatic nitrogens is 3. The van der Waals surface area contributed by atoms with Crippen molar-refractivity contribution in [3.63, 3.8) is 0 Å². The molecule has 1 N–H and O–H groups in total. The number of aryl methyl sites for hydroxylation is 2. The van der Waals surface area contributed by atoms with Crippen LogP contribution in [0.4, 0.5) is 5.82 Å². The lowest BCUT2D eigenvalue weighted by molar-refractivity contribution is 0.0940. The van der Waals surface area contributed by atoms with Gasteiger partial charge in [-0.15, -0.1) is 0 Å². The number of hydrogen-bond acceptors (Lipinski definition) is 7. The third-order valence-corrected chi connectivity index (χ3v) is 4.25. The fraction of sp³-hybridized carbons (Fsp3) is 0.500. The first-order valence-corrected chi connectivity index (χ1v) is 7.85. The van der Waals surface area contributed by atoms with E-state index in [1.807, 2.05) is 13.0 Å². The van der Waals surface area contributed by atoms with E-state index in [2.05, 4.69) is 25.2 Å². The number of methoxy groups -OCH3 is 1. The van der Waals surface area contributed by atoms with Crippen molar-refractivity contribution in [3.05, 3.63) is 35.9 Å². The van der Waals surface area contributed by atoms with Gasteiger partial charge in [0.1, 0.15) is 17.9 Å². The second-order valence-corrected chi connectivity index (χ2v) is 5.88. The minimum atomic E-state index is -0.235. The van der Waals surface area contributed by atoms with E-state index in [4.69, 9.17) is 9.15 Å². The zero-order valence-electron chi connectivity index (χ0n) is 14.0. The molecular weight excluding hydrogens is 310 g/mol. The van der Waals surface area contributed by atoms with Crippen molar-refractivity contribution in [3.8, 4) is 0 Å². The van der Waals surface area contributed by atoms with Crippen LogP contribution < -0.4 is 10.2 Å². The Morgan fingerprint density at radius 1 is 1.42 bits per heavy atom. The fourth-order valence-electron chi connectivity index (χ4n) is 2.93. The summed E-state index contributed by atoms with van der Waals surface area (Å²) in [5.41, 5.74) is 1.22. The highest BCUT2D eigenvalue weighted by atomic mass is 16.5. The van der Waals surface area contributed by atoms with Crippen LogP contribution in [0.2, 0.25) is 0 Å². The van der Waals surface area contributed by atoms with Crippen molar-refractivity contribution in [2.45, 2.75) is 32.4 Å². The van der Waals surface area contributed by atoms with E-state index in [0.717, 1.165) is 24.5 Å². The van der Waals surface area contributed by atoms with Crippen molar-refractivity contribution in [1.82, 2.24) is 20.3 Å². The van der Waals surface area contributed by atoms with Crippen LogP contribution >= 0.6 is 0 Å². The summed E-state index contributed by atoms with van der Waals surface area (Å²) in [5.74, 6) is 1.12. The second-order valence-electron chi connectivity index (χ2n) is 5.88. The Morgan fingerprint density at radius 2 is 2.25 bits per heavy atom. The number of amides is 1. The van der Waals surface area contributed by atoms with Crippen LogP contribution in [0.15, 0.2) is 23.2 Å². The lowest BCUT2D eigenvalue weighted by Gasteiger charge is -2.25. The van der Waals surface area contributed by atoms with Crippen LogP contribution in [-0.2, 0) is 4.74 Å². The van der Waals surface area contributed by atoms with Crippen molar-refractivity contribution in [1.29, 1.82) is 0 Å². The lowest BCUT2D eigenvalue weighted by Crippen LogP contribution is -2.40. The molecule has 128 valence electrons. The quantitative estimate of drug-likeness (QED) is 0.877. The molecule has 1 saturated heterocycles. The highest BCUT2D eigenvalue weighted by Crippen LogP contribution is 2.25. The number of rotatable bonds is 5. The molecule has 0 aliphatic carbocycles. The van der Waals surface area contributed by atoms with Gasteiger partial charge in [-0.2, -0.15) is 0 Å². The molecule has 1 amide bonds. The Labute approximate surface area is 140 Å². The maximum absolute atomic E-state index is 12.2. The monoisotopic (exact) mass is 331 g/mol. The van der Waals surface area contributed by atoms with Crippen LogP contribution in [0, 0.1) is 13.8 Å². The summed E-state index contributed by atoms with van der Waals surface area (Å²) >= 11 is 0. The summed E-state index contributed by atoms with van der Waals surface area (Å²) < 4.78 is 10.6. The molecule has 3 rings (SSSR count). The number of anilines is 1. The fourth-order valence-corrected chi connectivity index (χ4v) is 2.93. The van der Waals surface area contributed by atoms with E-state index in [-0.39, 0.29) is 18.1 Å². The van der Waals surface area contributed by atoms with Crippen LogP contribution in [-0.4, -0.2) is 53.2 Å². The third-order valence-electron chi connectivity index (χ3n) is 4.25. The second kappa shape index (κ2) is 6.96. The Balaban J connectivity index is 1.70. The van der Waals surface area contributed by atoms with Gasteiger partial charge >= 0.3 is 0 Å². The molecule has 8 heteroatoms. The Kier molecular flexibility index (Phi) is 4.75. The van der Waals surface area contributed by atoms with Crippen molar-refractivity contribution in [2.75, 3.05) is 25.1 Å². The van der Waals surface area contributed by atoms with Gasteiger partial charge < -0.3 is 19.4 Å². The number of oxazole rings is 1. The van der Waals surface area contributed by atoms with Gasteiger partial charge in [0.25, 0.3) is 5.91 Å². The topological polar surface area (TPSA) is 93.4 Å². The molecule has 0 aromatic carbocycles. The Bertz CT molecular complexity index is 717. The first-order valence-electron chi connectivity index (χ1n) is 7.85. The van der Waals surface area contributed by atoms with E-state index in [1.165, 1.54) is 6.39 Å². The molecule has 0 spiro atoms. The smallest absolute Gasteiger partial charge is 0.273 e. The lowest BCUT2D eigenvalue weighted by atomic mass is 10.2. The number of ether oxygens (including phenoxy) is 1. The molecule has 8 nitrogen and oxygen atoms in total. The van der Waals surface area contributed by atoms with Crippen LogP contribution in [0.5, 0.6) is 0 Å². The molecule has 1 fully saturated rings. The van der Waals surface area contributed by atoms with E-state index in [1.54, 1.807) is 20.4 Å². The highest BCUT2D eigenvalue weighted by molar-refractivity contribution is 5.93. The molecule has 3 heterocycles.